The van der Waals surface area contributed by atoms with Gasteiger partial charge in [0, 0.05) is 5.56 Å². The Kier molecular flexibility index (Phi) is 6.25. The van der Waals surface area contributed by atoms with Crippen LogP contribution in [0.15, 0.2) is 41.5 Å². The molecule has 2 rings (SSSR count). The summed E-state index contributed by atoms with van der Waals surface area (Å²) in [6.07, 6.45) is -3.04. The van der Waals surface area contributed by atoms with E-state index in [9.17, 15) is 18.0 Å². The third kappa shape index (κ3) is 5.09. The van der Waals surface area contributed by atoms with Crippen LogP contribution in [0.2, 0.25) is 0 Å². The largest absolute Gasteiger partial charge is 0.496 e. The van der Waals surface area contributed by atoms with Gasteiger partial charge in [-0.2, -0.15) is 18.3 Å². The Labute approximate surface area is 156 Å². The zero-order valence-electron chi connectivity index (χ0n) is 15.5. The number of aryl methyl sites for hydroxylation is 1. The van der Waals surface area contributed by atoms with E-state index in [1.165, 1.54) is 18.3 Å². The van der Waals surface area contributed by atoms with Crippen molar-refractivity contribution < 1.29 is 22.7 Å². The van der Waals surface area contributed by atoms with Crippen LogP contribution in [-0.2, 0) is 6.18 Å². The van der Waals surface area contributed by atoms with Gasteiger partial charge in [0.2, 0.25) is 0 Å². The highest BCUT2D eigenvalue weighted by Gasteiger charge is 2.30. The van der Waals surface area contributed by atoms with Crippen LogP contribution >= 0.6 is 0 Å². The maximum atomic E-state index is 12.7. The van der Waals surface area contributed by atoms with E-state index in [1.54, 1.807) is 7.11 Å². The molecule has 0 saturated carbocycles. The fourth-order valence-electron chi connectivity index (χ4n) is 2.54. The summed E-state index contributed by atoms with van der Waals surface area (Å²) in [5, 5.41) is 3.88. The molecule has 27 heavy (non-hydrogen) atoms. The number of alkyl halides is 3. The van der Waals surface area contributed by atoms with E-state index in [2.05, 4.69) is 10.5 Å². The lowest BCUT2D eigenvalue weighted by molar-refractivity contribution is -0.137. The molecule has 0 aliphatic heterocycles. The Hall–Kier alpha value is -2.83. The second-order valence-corrected chi connectivity index (χ2v) is 6.38. The summed E-state index contributed by atoms with van der Waals surface area (Å²) >= 11 is 0. The molecule has 2 aromatic rings. The van der Waals surface area contributed by atoms with E-state index in [0.717, 1.165) is 34.6 Å². The molecule has 0 bridgehead atoms. The van der Waals surface area contributed by atoms with Gasteiger partial charge in [-0.1, -0.05) is 19.9 Å². The van der Waals surface area contributed by atoms with Crippen LogP contribution in [0.4, 0.5) is 13.2 Å². The van der Waals surface area contributed by atoms with Crippen molar-refractivity contribution >= 4 is 12.1 Å². The quantitative estimate of drug-likeness (QED) is 0.594. The number of hydrogen-bond donors (Lipinski definition) is 1. The summed E-state index contributed by atoms with van der Waals surface area (Å²) in [6.45, 7) is 5.94. The van der Waals surface area contributed by atoms with Gasteiger partial charge in [-0.15, -0.1) is 0 Å². The predicted molar refractivity (Wildman–Crippen MR) is 98.3 cm³/mol. The minimum absolute atomic E-state index is 0.115. The number of hydrazone groups is 1. The first-order valence-electron chi connectivity index (χ1n) is 8.32. The Bertz CT molecular complexity index is 859. The van der Waals surface area contributed by atoms with Gasteiger partial charge >= 0.3 is 6.18 Å². The Morgan fingerprint density at radius 1 is 1.22 bits per heavy atom. The highest BCUT2D eigenvalue weighted by Crippen LogP contribution is 2.30. The van der Waals surface area contributed by atoms with Crippen LogP contribution in [0, 0.1) is 6.92 Å². The molecule has 0 unspecified atom stereocenters. The number of benzene rings is 2. The summed E-state index contributed by atoms with van der Waals surface area (Å²) in [6, 6.07) is 7.98. The third-order valence-corrected chi connectivity index (χ3v) is 4.06. The van der Waals surface area contributed by atoms with Crippen molar-refractivity contribution in [2.24, 2.45) is 5.10 Å². The van der Waals surface area contributed by atoms with Gasteiger partial charge in [-0.05, 0) is 59.9 Å². The topological polar surface area (TPSA) is 50.7 Å². The molecule has 7 heteroatoms. The molecule has 1 amide bonds. The molecule has 0 fully saturated rings. The number of carbonyl (C=O) groups is 1. The van der Waals surface area contributed by atoms with Gasteiger partial charge in [0.1, 0.15) is 5.75 Å². The number of carbonyl (C=O) groups excluding carboxylic acids is 1. The van der Waals surface area contributed by atoms with E-state index in [-0.39, 0.29) is 11.5 Å². The molecule has 0 aliphatic rings. The monoisotopic (exact) mass is 378 g/mol. The average Bonchev–Trinajstić information content (AvgIpc) is 2.61. The number of nitrogens with one attached hydrogen (secondary N) is 1. The molecule has 0 heterocycles. The zero-order valence-corrected chi connectivity index (χ0v) is 15.5. The number of nitrogens with zero attached hydrogens (tertiary/aromatic N) is 1. The number of amides is 1. The van der Waals surface area contributed by atoms with Gasteiger partial charge in [0.05, 0.1) is 18.9 Å². The second-order valence-electron chi connectivity index (χ2n) is 6.38. The van der Waals surface area contributed by atoms with Crippen molar-refractivity contribution in [3.8, 4) is 5.75 Å². The molecular formula is C20H21F3N2O2. The van der Waals surface area contributed by atoms with Crippen LogP contribution in [0.25, 0.3) is 0 Å². The number of hydrogen-bond acceptors (Lipinski definition) is 3. The van der Waals surface area contributed by atoms with Crippen LogP contribution in [-0.4, -0.2) is 19.2 Å². The summed E-state index contributed by atoms with van der Waals surface area (Å²) in [4.78, 5) is 12.1. The fraction of sp³-hybridized carbons (Fsp3) is 0.300. The van der Waals surface area contributed by atoms with E-state index >= 15 is 0 Å². The summed E-state index contributed by atoms with van der Waals surface area (Å²) in [7, 11) is 1.60. The molecule has 0 saturated heterocycles. The summed E-state index contributed by atoms with van der Waals surface area (Å²) < 4.78 is 43.6. The van der Waals surface area contributed by atoms with Crippen molar-refractivity contribution in [1.82, 2.24) is 5.43 Å². The summed E-state index contributed by atoms with van der Waals surface area (Å²) in [5.41, 5.74) is 3.94. The van der Waals surface area contributed by atoms with Crippen molar-refractivity contribution in [2.75, 3.05) is 7.11 Å². The van der Waals surface area contributed by atoms with Crippen LogP contribution in [0.5, 0.6) is 5.75 Å². The fourth-order valence-corrected chi connectivity index (χ4v) is 2.54. The maximum absolute atomic E-state index is 12.7. The van der Waals surface area contributed by atoms with Crippen molar-refractivity contribution in [3.63, 3.8) is 0 Å². The van der Waals surface area contributed by atoms with E-state index < -0.39 is 17.6 Å². The predicted octanol–water partition coefficient (Wildman–Crippen LogP) is 4.91. The molecule has 0 aliphatic carbocycles. The Morgan fingerprint density at radius 3 is 2.52 bits per heavy atom. The highest BCUT2D eigenvalue weighted by atomic mass is 19.4. The zero-order chi connectivity index (χ0) is 20.2. The lowest BCUT2D eigenvalue weighted by atomic mass is 9.97. The molecular weight excluding hydrogens is 357 g/mol. The molecule has 4 nitrogen and oxygen atoms in total. The van der Waals surface area contributed by atoms with Gasteiger partial charge < -0.3 is 4.74 Å². The van der Waals surface area contributed by atoms with Gasteiger partial charge in [0.25, 0.3) is 5.91 Å². The summed E-state index contributed by atoms with van der Waals surface area (Å²) in [5.74, 6) is 0.285. The minimum atomic E-state index is -4.51. The van der Waals surface area contributed by atoms with E-state index in [0.29, 0.717) is 0 Å². The molecule has 0 radical (unpaired) electrons. The normalized spacial score (nSPS) is 11.9. The second kappa shape index (κ2) is 8.24. The first kappa shape index (κ1) is 20.5. The lowest BCUT2D eigenvalue weighted by Gasteiger charge is -2.14. The average molecular weight is 378 g/mol. The van der Waals surface area contributed by atoms with Crippen LogP contribution in [0.1, 0.15) is 52.4 Å². The SMILES string of the molecule is COc1cc(C)c(/C=N/NC(=O)c2cccc(C(F)(F)F)c2)cc1C(C)C. The van der Waals surface area contributed by atoms with Crippen molar-refractivity contribution in [1.29, 1.82) is 0 Å². The number of methoxy groups -OCH3 is 1. The third-order valence-electron chi connectivity index (χ3n) is 4.06. The van der Waals surface area contributed by atoms with E-state index in [1.807, 2.05) is 32.9 Å². The first-order valence-corrected chi connectivity index (χ1v) is 8.32. The van der Waals surface area contributed by atoms with Gasteiger partial charge in [-0.3, -0.25) is 4.79 Å². The molecule has 2 aromatic carbocycles. The number of ether oxygens (including phenoxy) is 1. The highest BCUT2D eigenvalue weighted by molar-refractivity contribution is 5.95. The first-order chi connectivity index (χ1) is 12.6. The molecule has 1 N–H and O–H groups in total. The standard InChI is InChI=1S/C20H21F3N2O2/c1-12(2)17-10-15(13(3)8-18(17)27-4)11-24-25-19(26)14-6-5-7-16(9-14)20(21,22)23/h5-12H,1-4H3,(H,25,26)/b24-11+. The van der Waals surface area contributed by atoms with Crippen molar-refractivity contribution in [3.05, 3.63) is 64.2 Å². The van der Waals surface area contributed by atoms with Crippen LogP contribution < -0.4 is 10.2 Å². The van der Waals surface area contributed by atoms with Gasteiger partial charge in [-0.25, -0.2) is 5.43 Å². The van der Waals surface area contributed by atoms with Crippen molar-refractivity contribution in [2.45, 2.75) is 32.9 Å². The van der Waals surface area contributed by atoms with E-state index in [4.69, 9.17) is 4.74 Å². The molecule has 0 spiro atoms. The van der Waals surface area contributed by atoms with Gasteiger partial charge in [0.15, 0.2) is 0 Å². The maximum Gasteiger partial charge on any atom is 0.416 e. The number of halogens is 3. The smallest absolute Gasteiger partial charge is 0.416 e. The molecule has 0 atom stereocenters. The Morgan fingerprint density at radius 2 is 1.93 bits per heavy atom. The minimum Gasteiger partial charge on any atom is -0.496 e. The lowest BCUT2D eigenvalue weighted by Crippen LogP contribution is -2.18. The Balaban J connectivity index is 2.18. The van der Waals surface area contributed by atoms with Crippen LogP contribution in [0.3, 0.4) is 0 Å². The molecule has 144 valence electrons. The number of rotatable bonds is 5. The molecule has 0 aromatic heterocycles.